The zero-order valence-corrected chi connectivity index (χ0v) is 21.1. The van der Waals surface area contributed by atoms with Gasteiger partial charge in [0.2, 0.25) is 0 Å². The average molecular weight is 468 g/mol. The van der Waals surface area contributed by atoms with Crippen LogP contribution in [0, 0.1) is 13.8 Å². The molecule has 0 aliphatic carbocycles. The van der Waals surface area contributed by atoms with Gasteiger partial charge in [-0.2, -0.15) is 0 Å². The lowest BCUT2D eigenvalue weighted by Crippen LogP contribution is -2.42. The van der Waals surface area contributed by atoms with Crippen LogP contribution in [0.1, 0.15) is 49.7 Å². The van der Waals surface area contributed by atoms with Crippen LogP contribution in [-0.2, 0) is 23.4 Å². The number of fused-ring (bicyclic) bond motifs is 1. The van der Waals surface area contributed by atoms with E-state index in [0.717, 1.165) is 79.2 Å². The topological polar surface area (TPSA) is 92.2 Å². The Hall–Kier alpha value is -2.62. The normalized spacial score (nSPS) is 15.5. The predicted octanol–water partition coefficient (Wildman–Crippen LogP) is 2.61. The van der Waals surface area contributed by atoms with Crippen LogP contribution in [0.4, 0.5) is 0 Å². The number of rotatable bonds is 9. The van der Waals surface area contributed by atoms with Gasteiger partial charge in [0, 0.05) is 43.7 Å². The summed E-state index contributed by atoms with van der Waals surface area (Å²) < 4.78 is 7.42. The molecule has 0 spiro atoms. The number of ether oxygens (including phenoxy) is 1. The molecule has 4 rings (SSSR count). The number of benzene rings is 1. The lowest BCUT2D eigenvalue weighted by molar-refractivity contribution is 0.0321. The maximum Gasteiger partial charge on any atom is 0.252 e. The number of aryl methyl sites for hydroxylation is 2. The number of hydrogen-bond acceptors (Lipinski definition) is 7. The number of aromatic nitrogens is 5. The predicted molar refractivity (Wildman–Crippen MR) is 133 cm³/mol. The van der Waals surface area contributed by atoms with Gasteiger partial charge in [-0.3, -0.25) is 14.6 Å². The quantitative estimate of drug-likeness (QED) is 0.517. The van der Waals surface area contributed by atoms with Gasteiger partial charge < -0.3 is 9.72 Å². The molecule has 0 bridgehead atoms. The van der Waals surface area contributed by atoms with E-state index >= 15 is 0 Å². The molecule has 3 aromatic rings. The first kappa shape index (κ1) is 24.5. The Morgan fingerprint density at radius 3 is 2.62 bits per heavy atom. The first-order valence-corrected chi connectivity index (χ1v) is 12.2. The van der Waals surface area contributed by atoms with E-state index in [9.17, 15) is 4.79 Å². The van der Waals surface area contributed by atoms with E-state index in [1.165, 1.54) is 0 Å². The summed E-state index contributed by atoms with van der Waals surface area (Å²) in [5.74, 6) is 0.818. The molecule has 1 aliphatic rings. The number of nitrogens with one attached hydrogen (secondary N) is 1. The minimum Gasteiger partial charge on any atom is -0.379 e. The first-order chi connectivity index (χ1) is 16.3. The summed E-state index contributed by atoms with van der Waals surface area (Å²) in [7, 11) is 0. The fourth-order valence-electron chi connectivity index (χ4n) is 4.42. The van der Waals surface area contributed by atoms with Crippen LogP contribution in [0.15, 0.2) is 23.0 Å². The van der Waals surface area contributed by atoms with Gasteiger partial charge in [0.1, 0.15) is 0 Å². The van der Waals surface area contributed by atoms with Crippen molar-refractivity contribution in [2.45, 2.75) is 59.7 Å². The van der Waals surface area contributed by atoms with Crippen molar-refractivity contribution in [1.82, 2.24) is 35.0 Å². The van der Waals surface area contributed by atoms with Gasteiger partial charge in [-0.25, -0.2) is 4.68 Å². The summed E-state index contributed by atoms with van der Waals surface area (Å²) in [6, 6.07) is 6.21. The molecule has 2 aromatic heterocycles. The largest absolute Gasteiger partial charge is 0.379 e. The third kappa shape index (κ3) is 5.37. The molecule has 0 amide bonds. The van der Waals surface area contributed by atoms with Crippen molar-refractivity contribution >= 4 is 10.9 Å². The molecule has 0 unspecified atom stereocenters. The van der Waals surface area contributed by atoms with Crippen molar-refractivity contribution < 1.29 is 4.74 Å². The third-order valence-electron chi connectivity index (χ3n) is 7.09. The second-order valence-electron chi connectivity index (χ2n) is 9.95. The van der Waals surface area contributed by atoms with Crippen LogP contribution in [-0.4, -0.2) is 74.4 Å². The van der Waals surface area contributed by atoms with E-state index in [2.05, 4.69) is 76.2 Å². The van der Waals surface area contributed by atoms with Crippen LogP contribution in [0.3, 0.4) is 0 Å². The number of nitrogens with zero attached hydrogens (tertiary/aromatic N) is 6. The standard InChI is InChI=1S/C25H37N7O2/c1-6-25(4,5)32-22(27-28-29-32)17-31(10-9-30-11-13-34-14-12-30)16-20-15-21-18(2)7-8-19(3)23(21)26-24(20)33/h7-8,15H,6,9-14,16-17H2,1-5H3,(H,26,33). The summed E-state index contributed by atoms with van der Waals surface area (Å²) in [5, 5.41) is 13.7. The van der Waals surface area contributed by atoms with E-state index < -0.39 is 0 Å². The number of H-pyrrole nitrogens is 1. The minimum absolute atomic E-state index is 0.0361. The summed E-state index contributed by atoms with van der Waals surface area (Å²) >= 11 is 0. The number of pyridine rings is 1. The van der Waals surface area contributed by atoms with Gasteiger partial charge in [0.05, 0.1) is 30.8 Å². The summed E-state index contributed by atoms with van der Waals surface area (Å²) in [5.41, 5.74) is 3.70. The molecule has 9 heteroatoms. The number of morpholine rings is 1. The monoisotopic (exact) mass is 467 g/mol. The van der Waals surface area contributed by atoms with Crippen LogP contribution in [0.2, 0.25) is 0 Å². The molecule has 9 nitrogen and oxygen atoms in total. The molecule has 1 fully saturated rings. The van der Waals surface area contributed by atoms with Crippen LogP contribution in [0.5, 0.6) is 0 Å². The smallest absolute Gasteiger partial charge is 0.252 e. The highest BCUT2D eigenvalue weighted by molar-refractivity contribution is 5.85. The van der Waals surface area contributed by atoms with E-state index in [1.807, 2.05) is 11.6 Å². The maximum absolute atomic E-state index is 13.1. The van der Waals surface area contributed by atoms with E-state index in [4.69, 9.17) is 4.74 Å². The molecular weight excluding hydrogens is 430 g/mol. The highest BCUT2D eigenvalue weighted by atomic mass is 16.5. The molecule has 0 radical (unpaired) electrons. The first-order valence-electron chi connectivity index (χ1n) is 12.2. The zero-order chi connectivity index (χ0) is 24.3. The molecule has 3 heterocycles. The van der Waals surface area contributed by atoms with Gasteiger partial charge in [0.15, 0.2) is 5.82 Å². The van der Waals surface area contributed by atoms with Crippen molar-refractivity contribution in [1.29, 1.82) is 0 Å². The molecule has 1 aliphatic heterocycles. The highest BCUT2D eigenvalue weighted by Crippen LogP contribution is 2.22. The van der Waals surface area contributed by atoms with Gasteiger partial charge in [-0.1, -0.05) is 19.1 Å². The molecule has 1 N–H and O–H groups in total. The molecule has 0 saturated carbocycles. The van der Waals surface area contributed by atoms with Gasteiger partial charge in [-0.15, -0.1) is 5.10 Å². The molecule has 1 saturated heterocycles. The Kier molecular flexibility index (Phi) is 7.45. The summed E-state index contributed by atoms with van der Waals surface area (Å²) in [6.45, 7) is 16.8. The van der Waals surface area contributed by atoms with Gasteiger partial charge in [0.25, 0.3) is 5.56 Å². The summed E-state index contributed by atoms with van der Waals surface area (Å²) in [4.78, 5) is 20.9. The van der Waals surface area contributed by atoms with Crippen molar-refractivity contribution in [3.05, 3.63) is 51.1 Å². The van der Waals surface area contributed by atoms with Crippen molar-refractivity contribution in [3.63, 3.8) is 0 Å². The van der Waals surface area contributed by atoms with Crippen molar-refractivity contribution in [2.24, 2.45) is 0 Å². The second kappa shape index (κ2) is 10.3. The van der Waals surface area contributed by atoms with Gasteiger partial charge >= 0.3 is 0 Å². The SMILES string of the molecule is CCC(C)(C)n1nnnc1CN(CCN1CCOCC1)Cc1cc2c(C)ccc(C)c2[nH]c1=O. The van der Waals surface area contributed by atoms with Crippen molar-refractivity contribution in [3.8, 4) is 0 Å². The van der Waals surface area contributed by atoms with E-state index in [-0.39, 0.29) is 11.1 Å². The van der Waals surface area contributed by atoms with Crippen LogP contribution < -0.4 is 5.56 Å². The number of aromatic amines is 1. The van der Waals surface area contributed by atoms with E-state index in [0.29, 0.717) is 13.1 Å². The van der Waals surface area contributed by atoms with Crippen LogP contribution in [0.25, 0.3) is 10.9 Å². The summed E-state index contributed by atoms with van der Waals surface area (Å²) in [6.07, 6.45) is 0.918. The Bertz CT molecular complexity index is 1180. The van der Waals surface area contributed by atoms with E-state index in [1.54, 1.807) is 0 Å². The Balaban J connectivity index is 1.62. The zero-order valence-electron chi connectivity index (χ0n) is 21.1. The second-order valence-corrected chi connectivity index (χ2v) is 9.95. The Morgan fingerprint density at radius 1 is 1.15 bits per heavy atom. The highest BCUT2D eigenvalue weighted by Gasteiger charge is 2.25. The van der Waals surface area contributed by atoms with Gasteiger partial charge in [-0.05, 0) is 61.7 Å². The third-order valence-corrected chi connectivity index (χ3v) is 7.09. The molecular formula is C25H37N7O2. The lowest BCUT2D eigenvalue weighted by atomic mass is 10.0. The molecule has 0 atom stereocenters. The Morgan fingerprint density at radius 2 is 1.88 bits per heavy atom. The molecule has 184 valence electrons. The minimum atomic E-state index is -0.177. The number of tetrazole rings is 1. The van der Waals surface area contributed by atoms with Crippen molar-refractivity contribution in [2.75, 3.05) is 39.4 Å². The lowest BCUT2D eigenvalue weighted by Gasteiger charge is -2.30. The fourth-order valence-corrected chi connectivity index (χ4v) is 4.42. The maximum atomic E-state index is 13.1. The average Bonchev–Trinajstić information content (AvgIpc) is 3.30. The number of hydrogen-bond donors (Lipinski definition) is 1. The fraction of sp³-hybridized carbons (Fsp3) is 0.600. The molecule has 34 heavy (non-hydrogen) atoms. The molecule has 1 aromatic carbocycles. The van der Waals surface area contributed by atoms with Crippen LogP contribution >= 0.6 is 0 Å². The Labute approximate surface area is 201 Å².